The molecule has 0 aliphatic heterocycles. The first-order valence-corrected chi connectivity index (χ1v) is 8.45. The van der Waals surface area contributed by atoms with Gasteiger partial charge in [-0.15, -0.1) is 0 Å². The van der Waals surface area contributed by atoms with Gasteiger partial charge in [-0.2, -0.15) is 0 Å². The van der Waals surface area contributed by atoms with Gasteiger partial charge >= 0.3 is 0 Å². The van der Waals surface area contributed by atoms with E-state index < -0.39 is 5.54 Å². The second-order valence-corrected chi connectivity index (χ2v) is 7.15. The first-order chi connectivity index (χ1) is 11.3. The number of benzene rings is 2. The number of anilines is 1. The summed E-state index contributed by atoms with van der Waals surface area (Å²) in [5, 5.41) is 3.55. The van der Waals surface area contributed by atoms with Gasteiger partial charge in [-0.3, -0.25) is 0 Å². The Labute approximate surface area is 145 Å². The first kappa shape index (κ1) is 16.5. The Morgan fingerprint density at radius 2 is 1.38 bits per heavy atom. The average Bonchev–Trinajstić information content (AvgIpc) is 2.45. The van der Waals surface area contributed by atoms with Gasteiger partial charge in [0.1, 0.15) is 0 Å². The third kappa shape index (κ3) is 3.60. The highest BCUT2D eigenvalue weighted by Gasteiger charge is 2.28. The molecule has 0 fully saturated rings. The molecule has 2 aromatic carbocycles. The summed E-state index contributed by atoms with van der Waals surface area (Å²) in [6.45, 7) is 8.49. The Morgan fingerprint density at radius 3 is 1.96 bits per heavy atom. The van der Waals surface area contributed by atoms with Crippen LogP contribution >= 0.6 is 0 Å². The van der Waals surface area contributed by atoms with Crippen LogP contribution in [0, 0.1) is 27.7 Å². The van der Waals surface area contributed by atoms with Crippen molar-refractivity contribution in [3.63, 3.8) is 0 Å². The van der Waals surface area contributed by atoms with Gasteiger partial charge in [0.15, 0.2) is 0 Å². The highest BCUT2D eigenvalue weighted by molar-refractivity contribution is 5.54. The van der Waals surface area contributed by atoms with Crippen LogP contribution in [0.3, 0.4) is 0 Å². The Morgan fingerprint density at radius 1 is 0.833 bits per heavy atom. The Bertz CT molecular complexity index is 789. The molecule has 3 rings (SSSR count). The number of hydrogen-bond acceptors (Lipinski definition) is 2. The molecule has 0 bridgehead atoms. The van der Waals surface area contributed by atoms with Crippen molar-refractivity contribution in [1.29, 1.82) is 0 Å². The van der Waals surface area contributed by atoms with Crippen molar-refractivity contribution in [1.82, 2.24) is 0 Å². The summed E-state index contributed by atoms with van der Waals surface area (Å²) in [7, 11) is 0. The highest BCUT2D eigenvalue weighted by atomic mass is 14.9. The van der Waals surface area contributed by atoms with Gasteiger partial charge in [0.25, 0.3) is 0 Å². The van der Waals surface area contributed by atoms with Gasteiger partial charge in [-0.05, 0) is 62.6 Å². The summed E-state index contributed by atoms with van der Waals surface area (Å²) in [4.78, 5) is 0. The van der Waals surface area contributed by atoms with Crippen molar-refractivity contribution in [2.75, 3.05) is 5.32 Å². The molecule has 124 valence electrons. The second-order valence-electron chi connectivity index (χ2n) is 7.15. The van der Waals surface area contributed by atoms with Crippen molar-refractivity contribution >= 4 is 5.69 Å². The predicted octanol–water partition coefficient (Wildman–Crippen LogP) is 5.03. The zero-order valence-corrected chi connectivity index (χ0v) is 15.0. The van der Waals surface area contributed by atoms with Crippen LogP contribution in [0.1, 0.15) is 34.2 Å². The Balaban J connectivity index is 1.86. The molecule has 2 aromatic rings. The molecule has 0 saturated heterocycles. The van der Waals surface area contributed by atoms with Crippen LogP contribution in [0.2, 0.25) is 0 Å². The first-order valence-electron chi connectivity index (χ1n) is 8.45. The van der Waals surface area contributed by atoms with Crippen LogP contribution in [0.4, 0.5) is 5.69 Å². The molecule has 24 heavy (non-hydrogen) atoms. The topological polar surface area (TPSA) is 38.0 Å². The van der Waals surface area contributed by atoms with Crippen LogP contribution in [-0.2, 0) is 5.54 Å². The average molecular weight is 318 g/mol. The minimum absolute atomic E-state index is 0.466. The number of nitrogens with one attached hydrogen (secondary N) is 1. The lowest BCUT2D eigenvalue weighted by molar-refractivity contribution is 0.549. The molecule has 0 heterocycles. The molecule has 2 nitrogen and oxygen atoms in total. The standard InChI is InChI=1S/C22H26N2/c1-15-8-16(2)11-19(10-15)22(23)7-5-6-20(14-22)24-21-12-17(3)9-18(4)13-21/h5-13,24H,14,23H2,1-4H3. The second kappa shape index (κ2) is 6.29. The highest BCUT2D eigenvalue weighted by Crippen LogP contribution is 2.32. The lowest BCUT2D eigenvalue weighted by Crippen LogP contribution is -2.37. The summed E-state index contributed by atoms with van der Waals surface area (Å²) in [6.07, 6.45) is 7.05. The fourth-order valence-corrected chi connectivity index (χ4v) is 3.53. The molecule has 0 amide bonds. The molecule has 0 radical (unpaired) electrons. The third-order valence-corrected chi connectivity index (χ3v) is 4.46. The SMILES string of the molecule is Cc1cc(C)cc(NC2=CC=CC(N)(c3cc(C)cc(C)c3)C2)c1. The molecule has 0 aromatic heterocycles. The molecule has 0 saturated carbocycles. The van der Waals surface area contributed by atoms with Gasteiger partial charge in [0.2, 0.25) is 0 Å². The lowest BCUT2D eigenvalue weighted by Gasteiger charge is -2.31. The fourth-order valence-electron chi connectivity index (χ4n) is 3.53. The molecule has 1 aliphatic rings. The maximum Gasteiger partial charge on any atom is 0.0653 e. The Hall–Kier alpha value is -2.32. The number of allylic oxidation sites excluding steroid dienone is 2. The minimum atomic E-state index is -0.466. The fraction of sp³-hybridized carbons (Fsp3) is 0.273. The van der Waals surface area contributed by atoms with E-state index in [1.165, 1.54) is 27.8 Å². The molecule has 1 atom stereocenters. The molecule has 0 spiro atoms. The van der Waals surface area contributed by atoms with Gasteiger partial charge in [-0.1, -0.05) is 47.5 Å². The van der Waals surface area contributed by atoms with Gasteiger partial charge in [0.05, 0.1) is 5.54 Å². The minimum Gasteiger partial charge on any atom is -0.359 e. The monoisotopic (exact) mass is 318 g/mol. The summed E-state index contributed by atoms with van der Waals surface area (Å²) >= 11 is 0. The summed E-state index contributed by atoms with van der Waals surface area (Å²) in [5.74, 6) is 0. The van der Waals surface area contributed by atoms with E-state index in [1.54, 1.807) is 0 Å². The maximum absolute atomic E-state index is 6.75. The van der Waals surface area contributed by atoms with Crippen molar-refractivity contribution in [3.05, 3.63) is 88.1 Å². The number of hydrogen-bond donors (Lipinski definition) is 2. The molecule has 2 heteroatoms. The summed E-state index contributed by atoms with van der Waals surface area (Å²) in [5.41, 5.74) is 14.8. The van der Waals surface area contributed by atoms with Gasteiger partial charge in [0, 0.05) is 17.8 Å². The molecule has 1 aliphatic carbocycles. The van der Waals surface area contributed by atoms with E-state index >= 15 is 0 Å². The van der Waals surface area contributed by atoms with Crippen LogP contribution in [-0.4, -0.2) is 0 Å². The van der Waals surface area contributed by atoms with Crippen molar-refractivity contribution in [3.8, 4) is 0 Å². The van der Waals surface area contributed by atoms with E-state index in [1.807, 2.05) is 0 Å². The van der Waals surface area contributed by atoms with E-state index in [4.69, 9.17) is 5.73 Å². The molecule has 1 unspecified atom stereocenters. The maximum atomic E-state index is 6.75. The van der Waals surface area contributed by atoms with Gasteiger partial charge in [-0.25, -0.2) is 0 Å². The van der Waals surface area contributed by atoms with Crippen molar-refractivity contribution < 1.29 is 0 Å². The van der Waals surface area contributed by atoms with Crippen LogP contribution in [0.15, 0.2) is 60.3 Å². The van der Waals surface area contributed by atoms with Crippen molar-refractivity contribution in [2.24, 2.45) is 5.73 Å². The molecule has 3 N–H and O–H groups in total. The quantitative estimate of drug-likeness (QED) is 0.833. The van der Waals surface area contributed by atoms with E-state index in [-0.39, 0.29) is 0 Å². The van der Waals surface area contributed by atoms with E-state index in [0.29, 0.717) is 0 Å². The predicted molar refractivity (Wildman–Crippen MR) is 103 cm³/mol. The van der Waals surface area contributed by atoms with Gasteiger partial charge < -0.3 is 11.1 Å². The zero-order chi connectivity index (χ0) is 17.3. The van der Waals surface area contributed by atoms with E-state index in [0.717, 1.165) is 17.8 Å². The Kier molecular flexibility index (Phi) is 4.33. The number of rotatable bonds is 3. The van der Waals surface area contributed by atoms with E-state index in [2.05, 4.69) is 87.6 Å². The molecular weight excluding hydrogens is 292 g/mol. The van der Waals surface area contributed by atoms with Crippen molar-refractivity contribution in [2.45, 2.75) is 39.7 Å². The number of aryl methyl sites for hydroxylation is 4. The number of nitrogens with two attached hydrogens (primary N) is 1. The van der Waals surface area contributed by atoms with Crippen LogP contribution in [0.25, 0.3) is 0 Å². The van der Waals surface area contributed by atoms with Crippen LogP contribution in [0.5, 0.6) is 0 Å². The summed E-state index contributed by atoms with van der Waals surface area (Å²) in [6, 6.07) is 13.1. The third-order valence-electron chi connectivity index (χ3n) is 4.46. The smallest absolute Gasteiger partial charge is 0.0653 e. The lowest BCUT2D eigenvalue weighted by atomic mass is 9.82. The summed E-state index contributed by atoms with van der Waals surface area (Å²) < 4.78 is 0. The van der Waals surface area contributed by atoms with E-state index in [9.17, 15) is 0 Å². The largest absolute Gasteiger partial charge is 0.359 e. The molecular formula is C22H26N2. The normalized spacial score (nSPS) is 20.0. The zero-order valence-electron chi connectivity index (χ0n) is 15.0. The van der Waals surface area contributed by atoms with Crippen LogP contribution < -0.4 is 11.1 Å².